The molecule has 5 aliphatic rings. The molecule has 2 saturated carbocycles. The van der Waals surface area contributed by atoms with Crippen molar-refractivity contribution in [2.24, 2.45) is 11.8 Å². The number of carbonyl (C=O) groups excluding carboxylic acids is 1. The third-order valence-corrected chi connectivity index (χ3v) is 8.10. The number of piperidine rings is 1. The largest absolute Gasteiger partial charge is 0.491 e. The van der Waals surface area contributed by atoms with Crippen LogP contribution in [-0.2, 0) is 16.6 Å². The van der Waals surface area contributed by atoms with Crippen molar-refractivity contribution in [2.75, 3.05) is 19.7 Å². The highest BCUT2D eigenvalue weighted by molar-refractivity contribution is 5.86. The second-order valence-electron chi connectivity index (χ2n) is 9.22. The van der Waals surface area contributed by atoms with Crippen LogP contribution in [0.3, 0.4) is 0 Å². The maximum atomic E-state index is 12.9. The quantitative estimate of drug-likeness (QED) is 0.868. The second kappa shape index (κ2) is 5.12. The summed E-state index contributed by atoms with van der Waals surface area (Å²) in [4.78, 5) is 15.4. The van der Waals surface area contributed by atoms with Crippen molar-refractivity contribution >= 4 is 5.78 Å². The predicted octanol–water partition coefficient (Wildman–Crippen LogP) is 1.94. The molecule has 2 aliphatic heterocycles. The lowest BCUT2D eigenvalue weighted by Gasteiger charge is -2.66. The Kier molecular flexibility index (Phi) is 3.05. The van der Waals surface area contributed by atoms with Crippen molar-refractivity contribution in [1.82, 2.24) is 4.90 Å². The number of hydrogen-bond acceptors (Lipinski definition) is 5. The van der Waals surface area contributed by atoms with E-state index < -0.39 is 11.0 Å². The van der Waals surface area contributed by atoms with Gasteiger partial charge in [0.05, 0.1) is 23.7 Å². The van der Waals surface area contributed by atoms with Gasteiger partial charge in [0.2, 0.25) is 0 Å². The highest BCUT2D eigenvalue weighted by Gasteiger charge is 2.70. The fourth-order valence-electron chi connectivity index (χ4n) is 6.72. The van der Waals surface area contributed by atoms with E-state index >= 15 is 0 Å². The standard InChI is InChI=1S/C22H24N2O3/c23-10-15-4-3-14-9-18-22(26)6-5-17(25)16-12-27-20(15)19(14)21(16,22)7-8-24(18)11-13-1-2-13/h3-4,13,16,18,26H,1-2,5-9,11-12H2/t16-,18+,21+,22+/m0/s1. The second-order valence-corrected chi connectivity index (χ2v) is 9.22. The summed E-state index contributed by atoms with van der Waals surface area (Å²) in [6, 6.07) is 6.20. The summed E-state index contributed by atoms with van der Waals surface area (Å²) in [7, 11) is 0. The minimum atomic E-state index is -0.904. The van der Waals surface area contributed by atoms with Gasteiger partial charge in [-0.05, 0) is 56.2 Å². The lowest BCUT2D eigenvalue weighted by Crippen LogP contribution is -2.77. The van der Waals surface area contributed by atoms with E-state index in [0.717, 1.165) is 37.4 Å². The summed E-state index contributed by atoms with van der Waals surface area (Å²) >= 11 is 0. The molecule has 1 aromatic carbocycles. The van der Waals surface area contributed by atoms with Crippen LogP contribution in [0.5, 0.6) is 5.75 Å². The van der Waals surface area contributed by atoms with E-state index in [-0.39, 0.29) is 17.7 Å². The molecule has 0 aromatic heterocycles. The molecule has 1 N–H and O–H groups in total. The first-order chi connectivity index (χ1) is 13.1. The number of aliphatic hydroxyl groups is 1. The normalized spacial score (nSPS) is 39.3. The number of Topliss-reactive ketones (excluding diaryl/α,β-unsaturated/α-hetero) is 1. The summed E-state index contributed by atoms with van der Waals surface area (Å²) in [5.41, 5.74) is 1.19. The number of benzene rings is 1. The molecule has 4 atom stereocenters. The van der Waals surface area contributed by atoms with E-state index in [1.165, 1.54) is 18.4 Å². The van der Waals surface area contributed by atoms with Crippen LogP contribution in [0.15, 0.2) is 12.1 Å². The van der Waals surface area contributed by atoms with Crippen LogP contribution in [0.1, 0.15) is 48.8 Å². The predicted molar refractivity (Wildman–Crippen MR) is 97.4 cm³/mol. The first-order valence-electron chi connectivity index (χ1n) is 10.3. The maximum Gasteiger partial charge on any atom is 0.141 e. The summed E-state index contributed by atoms with van der Waals surface area (Å²) in [5, 5.41) is 21.8. The van der Waals surface area contributed by atoms with Gasteiger partial charge >= 0.3 is 0 Å². The van der Waals surface area contributed by atoms with Crippen LogP contribution < -0.4 is 4.74 Å². The molecule has 6 rings (SSSR count). The zero-order chi connectivity index (χ0) is 18.4. The number of ketones is 1. The van der Waals surface area contributed by atoms with Gasteiger partial charge in [0, 0.05) is 30.0 Å². The molecule has 0 unspecified atom stereocenters. The summed E-state index contributed by atoms with van der Waals surface area (Å²) < 4.78 is 6.01. The maximum absolute atomic E-state index is 12.9. The van der Waals surface area contributed by atoms with E-state index in [1.807, 2.05) is 12.1 Å². The van der Waals surface area contributed by atoms with E-state index in [9.17, 15) is 15.2 Å². The van der Waals surface area contributed by atoms with Gasteiger partial charge in [-0.25, -0.2) is 0 Å². The SMILES string of the molecule is N#Cc1ccc2c3c1OC[C@H]1C(=O)CC[C@@]4(O)[C@@H](C2)N(CC2CC2)CC[C@]314. The zero-order valence-electron chi connectivity index (χ0n) is 15.4. The molecule has 5 heteroatoms. The average Bonchev–Trinajstić information content (AvgIpc) is 3.48. The molecule has 0 amide bonds. The van der Waals surface area contributed by atoms with E-state index in [2.05, 4.69) is 11.0 Å². The molecule has 1 spiro atoms. The minimum Gasteiger partial charge on any atom is -0.491 e. The van der Waals surface area contributed by atoms with Crippen molar-refractivity contribution < 1.29 is 14.6 Å². The monoisotopic (exact) mass is 364 g/mol. The van der Waals surface area contributed by atoms with E-state index in [1.54, 1.807) is 0 Å². The minimum absolute atomic E-state index is 0.0637. The van der Waals surface area contributed by atoms with Crippen LogP contribution in [0.4, 0.5) is 0 Å². The summed E-state index contributed by atoms with van der Waals surface area (Å²) in [5.74, 6) is 1.34. The van der Waals surface area contributed by atoms with Crippen LogP contribution in [0.2, 0.25) is 0 Å². The number of nitriles is 1. The lowest BCUT2D eigenvalue weighted by atomic mass is 9.45. The Hall–Kier alpha value is -1.90. The molecule has 1 saturated heterocycles. The third-order valence-electron chi connectivity index (χ3n) is 8.10. The topological polar surface area (TPSA) is 73.6 Å². The van der Waals surface area contributed by atoms with Gasteiger partial charge in [-0.2, -0.15) is 5.26 Å². The molecular weight excluding hydrogens is 340 g/mol. The summed E-state index contributed by atoms with van der Waals surface area (Å²) in [6.07, 6.45) is 5.12. The van der Waals surface area contributed by atoms with Crippen LogP contribution >= 0.6 is 0 Å². The van der Waals surface area contributed by atoms with Crippen LogP contribution in [-0.4, -0.2) is 47.1 Å². The highest BCUT2D eigenvalue weighted by Crippen LogP contribution is 2.63. The Balaban J connectivity index is 1.60. The number of hydrogen-bond donors (Lipinski definition) is 1. The number of carbonyl (C=O) groups is 1. The molecule has 27 heavy (non-hydrogen) atoms. The number of likely N-dealkylation sites (tertiary alicyclic amines) is 1. The first-order valence-corrected chi connectivity index (χ1v) is 10.3. The van der Waals surface area contributed by atoms with Gasteiger partial charge in [0.15, 0.2) is 0 Å². The fourth-order valence-corrected chi connectivity index (χ4v) is 6.72. The number of nitrogens with zero attached hydrogens (tertiary/aromatic N) is 2. The molecule has 3 fully saturated rings. The molecule has 140 valence electrons. The summed E-state index contributed by atoms with van der Waals surface area (Å²) in [6.45, 7) is 2.28. The van der Waals surface area contributed by atoms with Gasteiger partial charge in [-0.15, -0.1) is 0 Å². The smallest absolute Gasteiger partial charge is 0.141 e. The molecule has 2 heterocycles. The highest BCUT2D eigenvalue weighted by atomic mass is 16.5. The molecule has 5 nitrogen and oxygen atoms in total. The zero-order valence-corrected chi connectivity index (χ0v) is 15.4. The van der Waals surface area contributed by atoms with Gasteiger partial charge in [-0.1, -0.05) is 6.07 Å². The first kappa shape index (κ1) is 16.1. The van der Waals surface area contributed by atoms with Crippen LogP contribution in [0, 0.1) is 23.2 Å². The van der Waals surface area contributed by atoms with Crippen molar-refractivity contribution in [3.05, 3.63) is 28.8 Å². The van der Waals surface area contributed by atoms with Gasteiger partial charge < -0.3 is 9.84 Å². The number of ether oxygens (including phenoxy) is 1. The van der Waals surface area contributed by atoms with E-state index in [0.29, 0.717) is 30.8 Å². The van der Waals surface area contributed by atoms with Crippen molar-refractivity contribution in [2.45, 2.75) is 55.6 Å². The van der Waals surface area contributed by atoms with Gasteiger partial charge in [0.1, 0.15) is 17.6 Å². The fraction of sp³-hybridized carbons (Fsp3) is 0.636. The Morgan fingerprint density at radius 3 is 2.96 bits per heavy atom. The van der Waals surface area contributed by atoms with Crippen LogP contribution in [0.25, 0.3) is 0 Å². The van der Waals surface area contributed by atoms with Crippen molar-refractivity contribution in [3.8, 4) is 11.8 Å². The Morgan fingerprint density at radius 1 is 1.33 bits per heavy atom. The Labute approximate surface area is 158 Å². The molecule has 3 aliphatic carbocycles. The molecule has 1 aromatic rings. The molecule has 0 radical (unpaired) electrons. The molecule has 2 bridgehead atoms. The van der Waals surface area contributed by atoms with Crippen molar-refractivity contribution in [3.63, 3.8) is 0 Å². The molecular formula is C22H24N2O3. The van der Waals surface area contributed by atoms with E-state index in [4.69, 9.17) is 4.74 Å². The average molecular weight is 364 g/mol. The van der Waals surface area contributed by atoms with Crippen molar-refractivity contribution in [1.29, 1.82) is 5.26 Å². The Morgan fingerprint density at radius 2 is 2.19 bits per heavy atom. The van der Waals surface area contributed by atoms with Gasteiger partial charge in [-0.3, -0.25) is 9.69 Å². The third kappa shape index (κ3) is 1.83. The van der Waals surface area contributed by atoms with Gasteiger partial charge in [0.25, 0.3) is 0 Å². The Bertz CT molecular complexity index is 902. The lowest BCUT2D eigenvalue weighted by molar-refractivity contribution is -0.196. The number of rotatable bonds is 2.